The van der Waals surface area contributed by atoms with Gasteiger partial charge in [-0.2, -0.15) is 0 Å². The number of alkyl carbamates (subject to hydrolysis) is 1. The van der Waals surface area contributed by atoms with Crippen LogP contribution in [0.15, 0.2) is 57.6 Å². The number of carbonyl (C=O) groups is 3. The van der Waals surface area contributed by atoms with Crippen molar-refractivity contribution in [3.8, 4) is 5.75 Å². The van der Waals surface area contributed by atoms with E-state index in [2.05, 4.69) is 5.32 Å². The molecule has 0 aliphatic rings. The summed E-state index contributed by atoms with van der Waals surface area (Å²) in [5.41, 5.74) is 0. The molecule has 0 bridgehead atoms. The van der Waals surface area contributed by atoms with Crippen LogP contribution in [-0.4, -0.2) is 28.2 Å². The third-order valence-corrected chi connectivity index (χ3v) is 5.87. The zero-order chi connectivity index (χ0) is 27.2. The Balaban J connectivity index is 1.70. The minimum atomic E-state index is -1.41. The molecule has 198 valence electrons. The standard InChI is InChI=1S/C23H23NO12S/c1-12-15(35-20(27)32-12)10-30-19(26)24-17(18(25)34-14-8-6-5-7-9-14)23(3,4)37-22(29)31-11-16-13(2)33-21(28)36-16/h5-9,17H,10-11H2,1-4H3,(H,24,26)/t17-/m0/s1. The van der Waals surface area contributed by atoms with Gasteiger partial charge in [-0.15, -0.1) is 0 Å². The van der Waals surface area contributed by atoms with Gasteiger partial charge < -0.3 is 37.2 Å². The van der Waals surface area contributed by atoms with Crippen molar-refractivity contribution in [1.82, 2.24) is 5.32 Å². The average molecular weight is 537 g/mol. The number of carbonyl (C=O) groups excluding carboxylic acids is 3. The second-order valence-electron chi connectivity index (χ2n) is 8.00. The molecule has 0 aliphatic heterocycles. The molecule has 3 rings (SSSR count). The Bertz CT molecular complexity index is 1360. The van der Waals surface area contributed by atoms with Crippen molar-refractivity contribution in [2.45, 2.75) is 51.7 Å². The van der Waals surface area contributed by atoms with Gasteiger partial charge in [0.05, 0.1) is 4.75 Å². The molecule has 0 spiro atoms. The van der Waals surface area contributed by atoms with Gasteiger partial charge in [-0.1, -0.05) is 18.2 Å². The Kier molecular flexibility index (Phi) is 8.65. The van der Waals surface area contributed by atoms with E-state index in [1.165, 1.54) is 39.8 Å². The monoisotopic (exact) mass is 537 g/mol. The lowest BCUT2D eigenvalue weighted by Crippen LogP contribution is -2.54. The highest BCUT2D eigenvalue weighted by Crippen LogP contribution is 2.31. The molecule has 0 saturated carbocycles. The smallest absolute Gasteiger partial charge is 0.449 e. The number of benzene rings is 1. The predicted molar refractivity (Wildman–Crippen MR) is 125 cm³/mol. The topological polar surface area (TPSA) is 178 Å². The minimum absolute atomic E-state index is 0.0121. The van der Waals surface area contributed by atoms with Crippen molar-refractivity contribution >= 4 is 29.1 Å². The Hall–Kier alpha value is -4.20. The lowest BCUT2D eigenvalue weighted by atomic mass is 10.0. The van der Waals surface area contributed by atoms with E-state index in [9.17, 15) is 24.0 Å². The van der Waals surface area contributed by atoms with Crippen molar-refractivity contribution in [2.24, 2.45) is 0 Å². The number of thioether (sulfide) groups is 1. The quantitative estimate of drug-likeness (QED) is 0.310. The molecule has 0 unspecified atom stereocenters. The molecule has 0 radical (unpaired) electrons. The van der Waals surface area contributed by atoms with Crippen LogP contribution < -0.4 is 21.7 Å². The molecule has 0 fully saturated rings. The molecule has 1 N–H and O–H groups in total. The number of nitrogens with one attached hydrogen (secondary N) is 1. The summed E-state index contributed by atoms with van der Waals surface area (Å²) in [6.45, 7) is 5.07. The molecule has 2 heterocycles. The van der Waals surface area contributed by atoms with E-state index in [1.807, 2.05) is 0 Å². The van der Waals surface area contributed by atoms with E-state index in [0.717, 1.165) is 0 Å². The molecule has 13 nitrogen and oxygen atoms in total. The van der Waals surface area contributed by atoms with Crippen molar-refractivity contribution in [2.75, 3.05) is 0 Å². The third kappa shape index (κ3) is 7.64. The first-order chi connectivity index (χ1) is 17.4. The van der Waals surface area contributed by atoms with E-state index < -0.39 is 46.4 Å². The number of hydrogen-bond acceptors (Lipinski definition) is 13. The number of aryl methyl sites for hydroxylation is 2. The average Bonchev–Trinajstić information content (AvgIpc) is 3.32. The maximum absolute atomic E-state index is 13.0. The van der Waals surface area contributed by atoms with Gasteiger partial charge in [-0.25, -0.2) is 24.0 Å². The van der Waals surface area contributed by atoms with Crippen LogP contribution in [0.25, 0.3) is 0 Å². The molecule has 1 atom stereocenters. The van der Waals surface area contributed by atoms with E-state index >= 15 is 0 Å². The lowest BCUT2D eigenvalue weighted by Gasteiger charge is -2.31. The highest BCUT2D eigenvalue weighted by Gasteiger charge is 2.41. The number of amides is 1. The largest absolute Gasteiger partial charge is 0.519 e. The van der Waals surface area contributed by atoms with Crippen LogP contribution in [0.1, 0.15) is 36.9 Å². The highest BCUT2D eigenvalue weighted by molar-refractivity contribution is 8.14. The first-order valence-corrected chi connectivity index (χ1v) is 11.5. The van der Waals surface area contributed by atoms with Crippen LogP contribution in [-0.2, 0) is 27.5 Å². The van der Waals surface area contributed by atoms with Crippen LogP contribution >= 0.6 is 11.8 Å². The maximum atomic E-state index is 13.0. The Morgan fingerprint density at radius 3 is 1.95 bits per heavy atom. The van der Waals surface area contributed by atoms with Crippen molar-refractivity contribution in [1.29, 1.82) is 0 Å². The minimum Gasteiger partial charge on any atom is -0.449 e. The highest BCUT2D eigenvalue weighted by atomic mass is 32.2. The van der Waals surface area contributed by atoms with Crippen LogP contribution in [0.3, 0.4) is 0 Å². The SMILES string of the molecule is Cc1oc(=O)oc1COC(=O)N[C@@H](C(=O)Oc1ccccc1)C(C)(C)SC(=O)OCc1oc(=O)oc1C. The van der Waals surface area contributed by atoms with Gasteiger partial charge in [0, 0.05) is 0 Å². The molecule has 14 heteroatoms. The van der Waals surface area contributed by atoms with Crippen molar-refractivity contribution in [3.63, 3.8) is 0 Å². The molecular weight excluding hydrogens is 514 g/mol. The summed E-state index contributed by atoms with van der Waals surface area (Å²) < 4.78 is 33.2. The molecule has 3 aromatic rings. The fourth-order valence-electron chi connectivity index (χ4n) is 2.91. The van der Waals surface area contributed by atoms with Crippen molar-refractivity contribution < 1.29 is 46.3 Å². The van der Waals surface area contributed by atoms with Crippen LogP contribution in [0, 0.1) is 13.8 Å². The fraction of sp³-hybridized carbons (Fsp3) is 0.348. The van der Waals surface area contributed by atoms with Gasteiger partial charge in [0.1, 0.15) is 11.8 Å². The zero-order valence-corrected chi connectivity index (χ0v) is 21.0. The van der Waals surface area contributed by atoms with Gasteiger partial charge in [-0.3, -0.25) is 0 Å². The number of ether oxygens (including phenoxy) is 3. The van der Waals surface area contributed by atoms with Gasteiger partial charge in [0.2, 0.25) is 0 Å². The normalized spacial score (nSPS) is 12.0. The first-order valence-electron chi connectivity index (χ1n) is 10.7. The Morgan fingerprint density at radius 1 is 0.892 bits per heavy atom. The second-order valence-corrected chi connectivity index (χ2v) is 9.59. The Labute approximate surface area is 213 Å². The number of rotatable bonds is 9. The van der Waals surface area contributed by atoms with Gasteiger partial charge >= 0.3 is 29.0 Å². The van der Waals surface area contributed by atoms with Crippen LogP contribution in [0.2, 0.25) is 0 Å². The summed E-state index contributed by atoms with van der Waals surface area (Å²) in [6.07, 6.45) is -1.06. The van der Waals surface area contributed by atoms with Gasteiger partial charge in [-0.05, 0) is 51.6 Å². The van der Waals surface area contributed by atoms with E-state index in [4.69, 9.17) is 31.9 Å². The van der Waals surface area contributed by atoms with E-state index in [1.54, 1.807) is 18.2 Å². The summed E-state index contributed by atoms with van der Waals surface area (Å²) in [6, 6.07) is 6.67. The maximum Gasteiger partial charge on any atom is 0.519 e. The number of hydrogen-bond donors (Lipinski definition) is 1. The third-order valence-electron chi connectivity index (χ3n) is 4.83. The summed E-state index contributed by atoms with van der Waals surface area (Å²) in [4.78, 5) is 60.4. The second kappa shape index (κ2) is 11.7. The molecule has 1 aromatic carbocycles. The Morgan fingerprint density at radius 2 is 1.43 bits per heavy atom. The first kappa shape index (κ1) is 27.4. The summed E-state index contributed by atoms with van der Waals surface area (Å²) in [5, 5.41) is 1.54. The van der Waals surface area contributed by atoms with Crippen molar-refractivity contribution in [3.05, 3.63) is 74.6 Å². The van der Waals surface area contributed by atoms with E-state index in [0.29, 0.717) is 11.8 Å². The van der Waals surface area contributed by atoms with Gasteiger partial charge in [0.25, 0.3) is 0 Å². The zero-order valence-electron chi connectivity index (χ0n) is 20.2. The molecule has 0 saturated heterocycles. The predicted octanol–water partition coefficient (Wildman–Crippen LogP) is 3.44. The number of esters is 1. The number of para-hydroxylation sites is 1. The summed E-state index contributed by atoms with van der Waals surface area (Å²) in [7, 11) is 0. The lowest BCUT2D eigenvalue weighted by molar-refractivity contribution is -0.137. The van der Waals surface area contributed by atoms with Crippen LogP contribution in [0.4, 0.5) is 9.59 Å². The fourth-order valence-corrected chi connectivity index (χ4v) is 3.73. The molecule has 37 heavy (non-hydrogen) atoms. The summed E-state index contributed by atoms with van der Waals surface area (Å²) >= 11 is 0.586. The molecule has 2 aromatic heterocycles. The van der Waals surface area contributed by atoms with E-state index in [-0.39, 0.29) is 35.4 Å². The molecule has 1 amide bonds. The molecular formula is C23H23NO12S. The summed E-state index contributed by atoms with van der Waals surface area (Å²) in [5.74, 6) is -2.29. The molecule has 0 aliphatic carbocycles. The van der Waals surface area contributed by atoms with Crippen LogP contribution in [0.5, 0.6) is 5.75 Å². The van der Waals surface area contributed by atoms with Gasteiger partial charge in [0.15, 0.2) is 36.3 Å².